The molecule has 0 radical (unpaired) electrons. The Kier molecular flexibility index (Phi) is 5.79. The number of rotatable bonds is 4. The summed E-state index contributed by atoms with van der Waals surface area (Å²) in [6.45, 7) is -2.07. The molecule has 0 bridgehead atoms. The van der Waals surface area contributed by atoms with E-state index >= 15 is 0 Å². The van der Waals surface area contributed by atoms with E-state index in [1.807, 2.05) is 0 Å². The first-order valence-corrected chi connectivity index (χ1v) is 6.09. The Bertz CT molecular complexity index is 413. The SMILES string of the molecule is COC(=O)N1CCCC1C(=O)NCC(=O)OCC(F)(F)F. The van der Waals surface area contributed by atoms with Crippen LogP contribution in [0.1, 0.15) is 12.8 Å². The Labute approximate surface area is 118 Å². The number of ether oxygens (including phenoxy) is 2. The average Bonchev–Trinajstić information content (AvgIpc) is 2.90. The maximum absolute atomic E-state index is 11.8. The van der Waals surface area contributed by atoms with Crippen molar-refractivity contribution < 1.29 is 37.0 Å². The summed E-state index contributed by atoms with van der Waals surface area (Å²) in [5.41, 5.74) is 0. The Morgan fingerprint density at radius 2 is 2.00 bits per heavy atom. The Morgan fingerprint density at radius 3 is 2.57 bits per heavy atom. The van der Waals surface area contributed by atoms with Crippen LogP contribution in [-0.4, -0.2) is 61.9 Å². The van der Waals surface area contributed by atoms with Crippen molar-refractivity contribution in [2.45, 2.75) is 25.1 Å². The first-order chi connectivity index (χ1) is 9.74. The molecule has 1 fully saturated rings. The number of amides is 2. The molecule has 120 valence electrons. The molecule has 0 aromatic rings. The minimum atomic E-state index is -4.62. The largest absolute Gasteiger partial charge is 0.455 e. The fourth-order valence-corrected chi connectivity index (χ4v) is 1.87. The van der Waals surface area contributed by atoms with Gasteiger partial charge in [0.05, 0.1) is 7.11 Å². The number of likely N-dealkylation sites (tertiary alicyclic amines) is 1. The van der Waals surface area contributed by atoms with Crippen LogP contribution < -0.4 is 5.32 Å². The molecule has 1 heterocycles. The van der Waals surface area contributed by atoms with Crippen LogP contribution >= 0.6 is 0 Å². The van der Waals surface area contributed by atoms with E-state index in [-0.39, 0.29) is 0 Å². The number of hydrogen-bond donors (Lipinski definition) is 1. The molecule has 0 aliphatic carbocycles. The summed E-state index contributed by atoms with van der Waals surface area (Å²) in [6.07, 6.45) is -4.32. The van der Waals surface area contributed by atoms with E-state index in [1.165, 1.54) is 12.0 Å². The third-order valence-electron chi connectivity index (χ3n) is 2.77. The van der Waals surface area contributed by atoms with E-state index in [0.717, 1.165) is 0 Å². The summed E-state index contributed by atoms with van der Waals surface area (Å²) in [4.78, 5) is 35.4. The predicted octanol–water partition coefficient (Wildman–Crippen LogP) is 0.439. The van der Waals surface area contributed by atoms with Gasteiger partial charge in [0.25, 0.3) is 0 Å². The monoisotopic (exact) mass is 312 g/mol. The summed E-state index contributed by atoms with van der Waals surface area (Å²) in [7, 11) is 1.17. The minimum Gasteiger partial charge on any atom is -0.455 e. The predicted molar refractivity (Wildman–Crippen MR) is 62.2 cm³/mol. The number of nitrogens with zero attached hydrogens (tertiary/aromatic N) is 1. The highest BCUT2D eigenvalue weighted by atomic mass is 19.4. The Morgan fingerprint density at radius 1 is 1.33 bits per heavy atom. The molecule has 1 unspecified atom stereocenters. The lowest BCUT2D eigenvalue weighted by Crippen LogP contribution is -2.47. The number of nitrogens with one attached hydrogen (secondary N) is 1. The molecule has 1 aliphatic heterocycles. The molecule has 0 aromatic heterocycles. The van der Waals surface area contributed by atoms with Crippen LogP contribution in [0.4, 0.5) is 18.0 Å². The van der Waals surface area contributed by atoms with Crippen molar-refractivity contribution in [2.75, 3.05) is 26.8 Å². The van der Waals surface area contributed by atoms with Crippen LogP contribution in [0, 0.1) is 0 Å². The molecular formula is C11H15F3N2O5. The number of halogens is 3. The molecule has 1 rings (SSSR count). The lowest BCUT2D eigenvalue weighted by molar-refractivity contribution is -0.185. The molecular weight excluding hydrogens is 297 g/mol. The minimum absolute atomic E-state index is 0.337. The maximum atomic E-state index is 11.8. The molecule has 7 nitrogen and oxygen atoms in total. The van der Waals surface area contributed by atoms with Crippen LogP contribution in [0.3, 0.4) is 0 Å². The third kappa shape index (κ3) is 5.48. The lowest BCUT2D eigenvalue weighted by Gasteiger charge is -2.22. The van der Waals surface area contributed by atoms with E-state index < -0.39 is 43.3 Å². The zero-order valence-corrected chi connectivity index (χ0v) is 11.2. The molecule has 1 atom stereocenters. The van der Waals surface area contributed by atoms with Crippen molar-refractivity contribution in [3.8, 4) is 0 Å². The zero-order chi connectivity index (χ0) is 16.0. The first kappa shape index (κ1) is 17.1. The third-order valence-corrected chi connectivity index (χ3v) is 2.77. The van der Waals surface area contributed by atoms with Gasteiger partial charge < -0.3 is 14.8 Å². The average molecular weight is 312 g/mol. The molecule has 0 spiro atoms. The summed E-state index contributed by atoms with van der Waals surface area (Å²) < 4.78 is 43.9. The van der Waals surface area contributed by atoms with Crippen molar-refractivity contribution in [3.05, 3.63) is 0 Å². The number of alkyl halides is 3. The lowest BCUT2D eigenvalue weighted by atomic mass is 10.2. The van der Waals surface area contributed by atoms with E-state index in [2.05, 4.69) is 14.8 Å². The van der Waals surface area contributed by atoms with E-state index in [0.29, 0.717) is 19.4 Å². The number of carbonyl (C=O) groups excluding carboxylic acids is 3. The summed E-state index contributed by atoms with van der Waals surface area (Å²) in [5, 5.41) is 2.14. The number of methoxy groups -OCH3 is 1. The fourth-order valence-electron chi connectivity index (χ4n) is 1.87. The van der Waals surface area contributed by atoms with Crippen molar-refractivity contribution in [1.82, 2.24) is 10.2 Å². The highest BCUT2D eigenvalue weighted by Crippen LogP contribution is 2.18. The molecule has 1 N–H and O–H groups in total. The van der Waals surface area contributed by atoms with Crippen molar-refractivity contribution >= 4 is 18.0 Å². The van der Waals surface area contributed by atoms with Gasteiger partial charge in [0.1, 0.15) is 12.6 Å². The standard InChI is InChI=1S/C11H15F3N2O5/c1-20-10(19)16-4-2-3-7(16)9(18)15-5-8(17)21-6-11(12,13)14/h7H,2-6H2,1H3,(H,15,18). The molecule has 0 aromatic carbocycles. The quantitative estimate of drug-likeness (QED) is 0.761. The van der Waals surface area contributed by atoms with Crippen LogP contribution in [-0.2, 0) is 19.1 Å². The molecule has 10 heteroatoms. The topological polar surface area (TPSA) is 84.9 Å². The summed E-state index contributed by atoms with van der Waals surface area (Å²) in [5.74, 6) is -1.84. The number of carbonyl (C=O) groups is 3. The van der Waals surface area contributed by atoms with Crippen LogP contribution in [0.2, 0.25) is 0 Å². The van der Waals surface area contributed by atoms with E-state index in [1.54, 1.807) is 0 Å². The highest BCUT2D eigenvalue weighted by molar-refractivity contribution is 5.88. The second-order valence-electron chi connectivity index (χ2n) is 4.32. The van der Waals surface area contributed by atoms with Gasteiger partial charge in [0, 0.05) is 6.54 Å². The van der Waals surface area contributed by atoms with Crippen molar-refractivity contribution in [2.24, 2.45) is 0 Å². The van der Waals surface area contributed by atoms with Crippen LogP contribution in [0.5, 0.6) is 0 Å². The molecule has 2 amide bonds. The second kappa shape index (κ2) is 7.14. The van der Waals surface area contributed by atoms with Crippen LogP contribution in [0.15, 0.2) is 0 Å². The van der Waals surface area contributed by atoms with Gasteiger partial charge in [-0.2, -0.15) is 13.2 Å². The van der Waals surface area contributed by atoms with Crippen LogP contribution in [0.25, 0.3) is 0 Å². The zero-order valence-electron chi connectivity index (χ0n) is 11.2. The van der Waals surface area contributed by atoms with Gasteiger partial charge >= 0.3 is 18.2 Å². The van der Waals surface area contributed by atoms with Gasteiger partial charge in [0.15, 0.2) is 6.61 Å². The fraction of sp³-hybridized carbons (Fsp3) is 0.727. The Balaban J connectivity index is 2.39. The normalized spacial score (nSPS) is 18.3. The van der Waals surface area contributed by atoms with Gasteiger partial charge in [-0.25, -0.2) is 4.79 Å². The Hall–Kier alpha value is -2.00. The second-order valence-corrected chi connectivity index (χ2v) is 4.32. The smallest absolute Gasteiger partial charge is 0.422 e. The summed E-state index contributed by atoms with van der Waals surface area (Å²) >= 11 is 0. The highest BCUT2D eigenvalue weighted by Gasteiger charge is 2.35. The van der Waals surface area contributed by atoms with Gasteiger partial charge in [-0.1, -0.05) is 0 Å². The van der Waals surface area contributed by atoms with Gasteiger partial charge in [0.2, 0.25) is 5.91 Å². The maximum Gasteiger partial charge on any atom is 0.422 e. The molecule has 1 aliphatic rings. The van der Waals surface area contributed by atoms with Gasteiger partial charge in [-0.3, -0.25) is 14.5 Å². The van der Waals surface area contributed by atoms with Gasteiger partial charge in [-0.05, 0) is 12.8 Å². The van der Waals surface area contributed by atoms with Crippen molar-refractivity contribution in [1.29, 1.82) is 0 Å². The summed E-state index contributed by atoms with van der Waals surface area (Å²) in [6, 6.07) is -0.798. The molecule has 1 saturated heterocycles. The van der Waals surface area contributed by atoms with E-state index in [4.69, 9.17) is 0 Å². The molecule has 21 heavy (non-hydrogen) atoms. The van der Waals surface area contributed by atoms with Crippen molar-refractivity contribution in [3.63, 3.8) is 0 Å². The molecule has 0 saturated carbocycles. The van der Waals surface area contributed by atoms with E-state index in [9.17, 15) is 27.6 Å². The number of esters is 1. The van der Waals surface area contributed by atoms with Gasteiger partial charge in [-0.15, -0.1) is 0 Å². The number of hydrogen-bond acceptors (Lipinski definition) is 5. The first-order valence-electron chi connectivity index (χ1n) is 6.09.